The van der Waals surface area contributed by atoms with Gasteiger partial charge in [-0.05, 0) is 54.8 Å². The van der Waals surface area contributed by atoms with Crippen molar-refractivity contribution in [1.29, 1.82) is 0 Å². The average Bonchev–Trinajstić information content (AvgIpc) is 3.43. The van der Waals surface area contributed by atoms with E-state index >= 15 is 0 Å². The lowest BCUT2D eigenvalue weighted by Gasteiger charge is -2.18. The van der Waals surface area contributed by atoms with E-state index in [1.54, 1.807) is 0 Å². The van der Waals surface area contributed by atoms with E-state index in [0.29, 0.717) is 24.6 Å². The van der Waals surface area contributed by atoms with Crippen molar-refractivity contribution in [2.75, 3.05) is 18.1 Å². The van der Waals surface area contributed by atoms with Crippen LogP contribution in [0.15, 0.2) is 85.5 Å². The number of carbonyl (C=O) groups excluding carboxylic acids is 1. The molecule has 1 aromatic heterocycles. The molecule has 0 radical (unpaired) electrons. The highest BCUT2D eigenvalue weighted by molar-refractivity contribution is 6.30. The largest absolute Gasteiger partial charge is 0.493 e. The molecule has 1 unspecified atom stereocenters. The summed E-state index contributed by atoms with van der Waals surface area (Å²) in [7, 11) is 0. The molecule has 0 spiro atoms. The number of anilines is 1. The molecule has 1 saturated heterocycles. The monoisotopic (exact) mass is 485 g/mol. The first-order chi connectivity index (χ1) is 17.1. The van der Waals surface area contributed by atoms with Crippen LogP contribution >= 0.6 is 11.6 Å². The molecule has 5 nitrogen and oxygen atoms in total. The number of aromatic nitrogens is 2. The Kier molecular flexibility index (Phi) is 6.87. The maximum absolute atomic E-state index is 12.9. The topological polar surface area (TPSA) is 47.4 Å². The van der Waals surface area contributed by atoms with Gasteiger partial charge in [-0.3, -0.25) is 4.79 Å². The predicted octanol–water partition coefficient (Wildman–Crippen LogP) is 6.41. The first-order valence-electron chi connectivity index (χ1n) is 12.0. The Hall–Kier alpha value is -3.57. The third kappa shape index (κ3) is 4.96. The lowest BCUT2D eigenvalue weighted by molar-refractivity contribution is -0.117. The highest BCUT2D eigenvalue weighted by atomic mass is 35.5. The van der Waals surface area contributed by atoms with Gasteiger partial charge in [-0.15, -0.1) is 6.58 Å². The summed E-state index contributed by atoms with van der Waals surface area (Å²) in [6, 6.07) is 23.7. The smallest absolute Gasteiger partial charge is 0.227 e. The molecule has 5 rings (SSSR count). The summed E-state index contributed by atoms with van der Waals surface area (Å²) >= 11 is 6.17. The van der Waals surface area contributed by atoms with Gasteiger partial charge in [0, 0.05) is 36.1 Å². The lowest BCUT2D eigenvalue weighted by Crippen LogP contribution is -2.24. The van der Waals surface area contributed by atoms with E-state index in [-0.39, 0.29) is 11.8 Å². The Morgan fingerprint density at radius 2 is 1.91 bits per heavy atom. The molecule has 3 aromatic carbocycles. The second kappa shape index (κ2) is 10.4. The number of ether oxygens (including phenoxy) is 1. The summed E-state index contributed by atoms with van der Waals surface area (Å²) in [6.45, 7) is 5.79. The molecule has 0 saturated carbocycles. The summed E-state index contributed by atoms with van der Waals surface area (Å²) in [5.41, 5.74) is 4.01. The van der Waals surface area contributed by atoms with Crippen LogP contribution in [0.25, 0.3) is 11.0 Å². The molecule has 2 heterocycles. The number of imidazole rings is 1. The number of fused-ring (bicyclic) bond motifs is 1. The number of aryl methyl sites for hydroxylation is 1. The minimum Gasteiger partial charge on any atom is -0.493 e. The van der Waals surface area contributed by atoms with Gasteiger partial charge in [-0.1, -0.05) is 54.1 Å². The molecule has 0 N–H and O–H groups in total. The molecule has 4 aromatic rings. The number of carbonyl (C=O) groups is 1. The summed E-state index contributed by atoms with van der Waals surface area (Å²) in [6.07, 6.45) is 3.93. The van der Waals surface area contributed by atoms with Gasteiger partial charge in [-0.25, -0.2) is 4.98 Å². The van der Waals surface area contributed by atoms with Crippen LogP contribution in [-0.4, -0.2) is 28.6 Å². The van der Waals surface area contributed by atoms with Crippen LogP contribution in [0.2, 0.25) is 5.02 Å². The third-order valence-corrected chi connectivity index (χ3v) is 6.65. The number of halogens is 1. The van der Waals surface area contributed by atoms with E-state index in [1.165, 1.54) is 0 Å². The van der Waals surface area contributed by atoms with Crippen LogP contribution < -0.4 is 9.64 Å². The molecular formula is C29H28ClN3O2. The van der Waals surface area contributed by atoms with E-state index in [9.17, 15) is 4.79 Å². The zero-order valence-electron chi connectivity index (χ0n) is 19.6. The van der Waals surface area contributed by atoms with Gasteiger partial charge in [0.25, 0.3) is 0 Å². The Morgan fingerprint density at radius 3 is 2.77 bits per heavy atom. The maximum Gasteiger partial charge on any atom is 0.227 e. The van der Waals surface area contributed by atoms with E-state index in [2.05, 4.69) is 23.3 Å². The fourth-order valence-corrected chi connectivity index (χ4v) is 4.97. The highest BCUT2D eigenvalue weighted by Gasteiger charge is 2.34. The van der Waals surface area contributed by atoms with Crippen LogP contribution in [0, 0.1) is 0 Å². The summed E-state index contributed by atoms with van der Waals surface area (Å²) in [5.74, 6) is 1.97. The molecular weight excluding hydrogens is 458 g/mol. The van der Waals surface area contributed by atoms with Crippen LogP contribution in [0.4, 0.5) is 5.69 Å². The molecule has 178 valence electrons. The fourth-order valence-electron chi connectivity index (χ4n) is 4.79. The second-order valence-electron chi connectivity index (χ2n) is 8.80. The quantitative estimate of drug-likeness (QED) is 0.203. The van der Waals surface area contributed by atoms with Gasteiger partial charge in [0.1, 0.15) is 11.6 Å². The molecule has 0 bridgehead atoms. The van der Waals surface area contributed by atoms with E-state index in [4.69, 9.17) is 21.3 Å². The van der Waals surface area contributed by atoms with Crippen molar-refractivity contribution in [2.45, 2.75) is 31.7 Å². The fraction of sp³-hybridized carbons (Fsp3) is 0.241. The second-order valence-corrected chi connectivity index (χ2v) is 9.23. The van der Waals surface area contributed by atoms with Crippen molar-refractivity contribution in [1.82, 2.24) is 9.55 Å². The molecule has 35 heavy (non-hydrogen) atoms. The van der Waals surface area contributed by atoms with Crippen molar-refractivity contribution in [2.24, 2.45) is 0 Å². The number of nitrogens with zero attached hydrogens (tertiary/aromatic N) is 3. The van der Waals surface area contributed by atoms with Crippen molar-refractivity contribution in [3.63, 3.8) is 0 Å². The van der Waals surface area contributed by atoms with Crippen molar-refractivity contribution in [3.8, 4) is 5.75 Å². The number of rotatable bonds is 9. The first-order valence-corrected chi connectivity index (χ1v) is 12.3. The van der Waals surface area contributed by atoms with Crippen molar-refractivity contribution < 1.29 is 9.53 Å². The van der Waals surface area contributed by atoms with Gasteiger partial charge in [0.15, 0.2) is 0 Å². The molecule has 6 heteroatoms. The number of para-hydroxylation sites is 3. The highest BCUT2D eigenvalue weighted by Crippen LogP contribution is 2.34. The molecule has 0 aliphatic carbocycles. The van der Waals surface area contributed by atoms with Gasteiger partial charge >= 0.3 is 0 Å². The first kappa shape index (κ1) is 23.2. The molecule has 1 amide bonds. The van der Waals surface area contributed by atoms with Crippen LogP contribution in [0.1, 0.15) is 30.1 Å². The van der Waals surface area contributed by atoms with Crippen LogP contribution in [-0.2, 0) is 17.8 Å². The number of allylic oxidation sites excluding steroid dienone is 1. The standard InChI is InChI=1S/C29H28ClN3O2/c1-2-9-21-10-3-6-15-27(21)35-17-8-16-32-26-14-5-4-13-25(26)31-29(32)22-18-28(34)33(20-22)24-12-7-11-23(30)19-24/h2-7,10-15,19,22H,1,8-9,16-18,20H2. The summed E-state index contributed by atoms with van der Waals surface area (Å²) in [4.78, 5) is 19.7. The molecule has 1 aliphatic heterocycles. The van der Waals surface area contributed by atoms with Gasteiger partial charge in [-0.2, -0.15) is 0 Å². The Balaban J connectivity index is 1.34. The van der Waals surface area contributed by atoms with E-state index < -0.39 is 0 Å². The number of hydrogen-bond donors (Lipinski definition) is 0. The van der Waals surface area contributed by atoms with Crippen molar-refractivity contribution in [3.05, 3.63) is 102 Å². The minimum atomic E-state index is 0.0168. The van der Waals surface area contributed by atoms with E-state index in [1.807, 2.05) is 71.6 Å². The van der Waals surface area contributed by atoms with Crippen LogP contribution in [0.3, 0.4) is 0 Å². The SMILES string of the molecule is C=CCc1ccccc1OCCCn1c(C2CC(=O)N(c3cccc(Cl)c3)C2)nc2ccccc21. The predicted molar refractivity (Wildman–Crippen MR) is 141 cm³/mol. The molecule has 1 aliphatic rings. The van der Waals surface area contributed by atoms with Gasteiger partial charge in [0.05, 0.1) is 17.6 Å². The Labute approximate surface area is 210 Å². The van der Waals surface area contributed by atoms with Gasteiger partial charge in [0.2, 0.25) is 5.91 Å². The third-order valence-electron chi connectivity index (χ3n) is 6.41. The minimum absolute atomic E-state index is 0.0168. The average molecular weight is 486 g/mol. The van der Waals surface area contributed by atoms with Gasteiger partial charge < -0.3 is 14.2 Å². The maximum atomic E-state index is 12.9. The zero-order chi connectivity index (χ0) is 24.2. The van der Waals surface area contributed by atoms with Crippen molar-refractivity contribution >= 4 is 34.2 Å². The normalized spacial score (nSPS) is 15.6. The Bertz CT molecular complexity index is 1360. The number of benzene rings is 3. The zero-order valence-corrected chi connectivity index (χ0v) is 20.3. The Morgan fingerprint density at radius 1 is 1.09 bits per heavy atom. The summed E-state index contributed by atoms with van der Waals surface area (Å²) < 4.78 is 8.37. The number of amides is 1. The van der Waals surface area contributed by atoms with E-state index in [0.717, 1.165) is 53.2 Å². The number of hydrogen-bond acceptors (Lipinski definition) is 3. The summed E-state index contributed by atoms with van der Waals surface area (Å²) in [5, 5.41) is 0.626. The lowest BCUT2D eigenvalue weighted by atomic mass is 10.1. The molecule has 1 fully saturated rings. The molecule has 1 atom stereocenters. The van der Waals surface area contributed by atoms with Crippen LogP contribution in [0.5, 0.6) is 5.75 Å².